The molecule has 2 unspecified atom stereocenters. The van der Waals surface area contributed by atoms with Gasteiger partial charge in [-0.15, -0.1) is 0 Å². The van der Waals surface area contributed by atoms with E-state index in [-0.39, 0.29) is 25.8 Å². The number of phosphoric acid groups is 1. The molecule has 0 bridgehead atoms. The average molecular weight is 693 g/mol. The van der Waals surface area contributed by atoms with Crippen molar-refractivity contribution in [1.29, 1.82) is 0 Å². The van der Waals surface area contributed by atoms with Crippen LogP contribution in [0.1, 0.15) is 181 Å². The molecule has 0 rings (SSSR count). The molecule has 0 aromatic carbocycles. The maximum absolute atomic E-state index is 12.6. The minimum atomic E-state index is -4.26. The van der Waals surface area contributed by atoms with Crippen LogP contribution in [0.4, 0.5) is 0 Å². The third kappa shape index (κ3) is 36.6. The Morgan fingerprint density at radius 3 is 1.40 bits per heavy atom. The molecule has 0 radical (unpaired) electrons. The standard InChI is InChI=1S/C38H78NO7P/c1-6-8-10-12-14-16-17-18-19-20-21-22-24-26-28-30-33-43-35-37(36-45-47(41,42)44-34-32-39(3,4)5)46-38(40)31-29-27-25-23-15-13-11-9-7-2/h37H,6-36H2,1-5H3/p+1. The van der Waals surface area contributed by atoms with Crippen molar-refractivity contribution in [2.75, 3.05) is 54.1 Å². The third-order valence-electron chi connectivity index (χ3n) is 8.67. The molecule has 1 N–H and O–H groups in total. The number of quaternary nitrogens is 1. The van der Waals surface area contributed by atoms with Gasteiger partial charge in [0.15, 0.2) is 0 Å². The Morgan fingerprint density at radius 1 is 0.574 bits per heavy atom. The summed E-state index contributed by atoms with van der Waals surface area (Å²) in [5, 5.41) is 0. The molecule has 0 fully saturated rings. The Kier molecular flexibility index (Phi) is 32.3. The molecular weight excluding hydrogens is 613 g/mol. The zero-order valence-corrected chi connectivity index (χ0v) is 32.7. The quantitative estimate of drug-likeness (QED) is 0.0300. The zero-order valence-electron chi connectivity index (χ0n) is 31.8. The van der Waals surface area contributed by atoms with E-state index in [0.717, 1.165) is 32.1 Å². The highest BCUT2D eigenvalue weighted by atomic mass is 31.2. The fourth-order valence-corrected chi connectivity index (χ4v) is 6.29. The number of hydrogen-bond donors (Lipinski definition) is 1. The molecule has 0 saturated carbocycles. The van der Waals surface area contributed by atoms with Gasteiger partial charge in [0.1, 0.15) is 19.3 Å². The van der Waals surface area contributed by atoms with E-state index in [2.05, 4.69) is 13.8 Å². The summed E-state index contributed by atoms with van der Waals surface area (Å²) in [5.41, 5.74) is 0. The lowest BCUT2D eigenvalue weighted by molar-refractivity contribution is -0.870. The van der Waals surface area contributed by atoms with E-state index in [0.29, 0.717) is 24.1 Å². The second-order valence-electron chi connectivity index (χ2n) is 14.7. The van der Waals surface area contributed by atoms with Crippen LogP contribution in [0.3, 0.4) is 0 Å². The van der Waals surface area contributed by atoms with Gasteiger partial charge in [-0.3, -0.25) is 13.8 Å². The number of carbonyl (C=O) groups is 1. The van der Waals surface area contributed by atoms with Crippen LogP contribution in [0.25, 0.3) is 0 Å². The number of carbonyl (C=O) groups excluding carboxylic acids is 1. The van der Waals surface area contributed by atoms with E-state index < -0.39 is 13.9 Å². The van der Waals surface area contributed by atoms with Crippen LogP contribution < -0.4 is 0 Å². The predicted octanol–water partition coefficient (Wildman–Crippen LogP) is 10.9. The zero-order chi connectivity index (χ0) is 34.9. The number of rotatable bonds is 37. The molecule has 0 saturated heterocycles. The smallest absolute Gasteiger partial charge is 0.457 e. The van der Waals surface area contributed by atoms with Crippen molar-refractivity contribution in [3.05, 3.63) is 0 Å². The SMILES string of the molecule is CCCCCCCCCCCCCCCCCCOCC(COP(=O)(O)OCC[N+](C)(C)C)OC(=O)CCCCCCCCCCC. The Morgan fingerprint density at radius 2 is 0.979 bits per heavy atom. The largest absolute Gasteiger partial charge is 0.472 e. The lowest BCUT2D eigenvalue weighted by Gasteiger charge is -2.24. The molecule has 0 spiro atoms. The van der Waals surface area contributed by atoms with Gasteiger partial charge >= 0.3 is 13.8 Å². The maximum atomic E-state index is 12.6. The molecule has 0 aromatic heterocycles. The number of phosphoric ester groups is 1. The second-order valence-corrected chi connectivity index (χ2v) is 16.1. The van der Waals surface area contributed by atoms with Crippen molar-refractivity contribution < 1.29 is 37.3 Å². The molecule has 9 heteroatoms. The van der Waals surface area contributed by atoms with E-state index >= 15 is 0 Å². The van der Waals surface area contributed by atoms with Crippen molar-refractivity contribution in [1.82, 2.24) is 0 Å². The van der Waals surface area contributed by atoms with Gasteiger partial charge in [-0.25, -0.2) is 4.57 Å². The van der Waals surface area contributed by atoms with Crippen LogP contribution in [0, 0.1) is 0 Å². The molecule has 0 aliphatic rings. The summed E-state index contributed by atoms with van der Waals surface area (Å²) in [6, 6.07) is 0. The number of esters is 1. The Labute approximate surface area is 291 Å². The first-order valence-electron chi connectivity index (χ1n) is 19.8. The minimum absolute atomic E-state index is 0.0933. The number of nitrogens with zero attached hydrogens (tertiary/aromatic N) is 1. The van der Waals surface area contributed by atoms with Gasteiger partial charge in [-0.1, -0.05) is 162 Å². The molecule has 47 heavy (non-hydrogen) atoms. The van der Waals surface area contributed by atoms with Gasteiger partial charge < -0.3 is 18.9 Å². The number of unbranched alkanes of at least 4 members (excludes halogenated alkanes) is 23. The van der Waals surface area contributed by atoms with Crippen LogP contribution in [-0.4, -0.2) is 75.6 Å². The van der Waals surface area contributed by atoms with Crippen molar-refractivity contribution in [2.45, 2.75) is 187 Å². The maximum Gasteiger partial charge on any atom is 0.472 e. The highest BCUT2D eigenvalue weighted by Gasteiger charge is 2.26. The van der Waals surface area contributed by atoms with Gasteiger partial charge in [0.05, 0.1) is 34.4 Å². The highest BCUT2D eigenvalue weighted by molar-refractivity contribution is 7.47. The van der Waals surface area contributed by atoms with E-state index in [1.165, 1.54) is 128 Å². The first-order valence-corrected chi connectivity index (χ1v) is 21.3. The van der Waals surface area contributed by atoms with E-state index in [1.54, 1.807) is 0 Å². The summed E-state index contributed by atoms with van der Waals surface area (Å²) in [6.45, 7) is 5.64. The van der Waals surface area contributed by atoms with E-state index in [9.17, 15) is 14.3 Å². The normalized spacial score (nSPS) is 13.9. The van der Waals surface area contributed by atoms with Gasteiger partial charge in [0, 0.05) is 13.0 Å². The van der Waals surface area contributed by atoms with Crippen LogP contribution >= 0.6 is 7.82 Å². The second kappa shape index (κ2) is 32.7. The minimum Gasteiger partial charge on any atom is -0.457 e. The summed E-state index contributed by atoms with van der Waals surface area (Å²) >= 11 is 0. The van der Waals surface area contributed by atoms with Crippen molar-refractivity contribution in [2.24, 2.45) is 0 Å². The van der Waals surface area contributed by atoms with Gasteiger partial charge in [-0.2, -0.15) is 0 Å². The predicted molar refractivity (Wildman–Crippen MR) is 197 cm³/mol. The molecule has 0 amide bonds. The molecule has 0 aliphatic carbocycles. The summed E-state index contributed by atoms with van der Waals surface area (Å²) in [5.74, 6) is -0.314. The average Bonchev–Trinajstić information content (AvgIpc) is 3.01. The third-order valence-corrected chi connectivity index (χ3v) is 9.65. The molecule has 282 valence electrons. The molecule has 2 atom stereocenters. The van der Waals surface area contributed by atoms with Gasteiger partial charge in [-0.05, 0) is 12.8 Å². The van der Waals surface area contributed by atoms with Crippen LogP contribution in [0.5, 0.6) is 0 Å². The molecule has 0 aromatic rings. The van der Waals surface area contributed by atoms with Crippen LogP contribution in [0.15, 0.2) is 0 Å². The molecule has 0 aliphatic heterocycles. The number of hydrogen-bond acceptors (Lipinski definition) is 6. The molecule has 0 heterocycles. The van der Waals surface area contributed by atoms with Gasteiger partial charge in [0.2, 0.25) is 0 Å². The summed E-state index contributed by atoms with van der Waals surface area (Å²) in [6.07, 6.45) is 31.3. The Hall–Kier alpha value is -0.500. The van der Waals surface area contributed by atoms with Crippen molar-refractivity contribution in [3.63, 3.8) is 0 Å². The molecule has 8 nitrogen and oxygen atoms in total. The van der Waals surface area contributed by atoms with Gasteiger partial charge in [0.25, 0.3) is 0 Å². The van der Waals surface area contributed by atoms with Crippen molar-refractivity contribution >= 4 is 13.8 Å². The lowest BCUT2D eigenvalue weighted by Crippen LogP contribution is -2.37. The monoisotopic (exact) mass is 693 g/mol. The summed E-state index contributed by atoms with van der Waals surface area (Å²) in [4.78, 5) is 22.7. The Balaban J connectivity index is 4.18. The van der Waals surface area contributed by atoms with Crippen LogP contribution in [-0.2, 0) is 27.9 Å². The fraction of sp³-hybridized carbons (Fsp3) is 0.974. The summed E-state index contributed by atoms with van der Waals surface area (Å²) in [7, 11) is 1.68. The highest BCUT2D eigenvalue weighted by Crippen LogP contribution is 2.43. The Bertz CT molecular complexity index is 731. The fourth-order valence-electron chi connectivity index (χ4n) is 5.55. The summed E-state index contributed by atoms with van der Waals surface area (Å²) < 4.78 is 34.8. The first kappa shape index (κ1) is 46.5. The van der Waals surface area contributed by atoms with Crippen LogP contribution in [0.2, 0.25) is 0 Å². The van der Waals surface area contributed by atoms with E-state index in [4.69, 9.17) is 18.5 Å². The molecular formula is C38H79NO7P+. The first-order chi connectivity index (χ1) is 22.6. The number of likely N-dealkylation sites (N-methyl/N-ethyl adjacent to an activating group) is 1. The number of ether oxygens (including phenoxy) is 2. The van der Waals surface area contributed by atoms with E-state index in [1.807, 2.05) is 21.1 Å². The van der Waals surface area contributed by atoms with Crippen molar-refractivity contribution in [3.8, 4) is 0 Å². The topological polar surface area (TPSA) is 91.3 Å². The lowest BCUT2D eigenvalue weighted by atomic mass is 10.0.